The Morgan fingerprint density at radius 3 is 2.52 bits per heavy atom. The molecule has 0 spiro atoms. The Morgan fingerprint density at radius 1 is 1.05 bits per heavy atom. The van der Waals surface area contributed by atoms with Crippen molar-refractivity contribution in [1.82, 2.24) is 4.98 Å². The number of thioether (sulfide) groups is 1. The molecule has 21 heavy (non-hydrogen) atoms. The highest BCUT2D eigenvalue weighted by Crippen LogP contribution is 2.31. The van der Waals surface area contributed by atoms with Crippen LogP contribution in [0.4, 0.5) is 14.5 Å². The van der Waals surface area contributed by atoms with Crippen molar-refractivity contribution in [3.8, 4) is 0 Å². The smallest absolute Gasteiger partial charge is 0.141 e. The zero-order valence-corrected chi connectivity index (χ0v) is 11.8. The number of anilines is 1. The van der Waals surface area contributed by atoms with E-state index in [4.69, 9.17) is 5.73 Å². The van der Waals surface area contributed by atoms with Crippen molar-refractivity contribution < 1.29 is 8.78 Å². The van der Waals surface area contributed by atoms with Crippen molar-refractivity contribution in [2.24, 2.45) is 0 Å². The predicted octanol–water partition coefficient (Wildman–Crippen LogP) is 4.39. The van der Waals surface area contributed by atoms with Crippen LogP contribution in [0, 0.1) is 11.6 Å². The summed E-state index contributed by atoms with van der Waals surface area (Å²) in [4.78, 5) is 4.32. The van der Waals surface area contributed by atoms with Crippen molar-refractivity contribution >= 4 is 28.4 Å². The molecule has 0 fully saturated rings. The standard InChI is InChI=1S/C16H12F2N2S/c17-13-7-12(19)8-14(18)16(13)21-9-11-4-1-3-10-5-2-6-20-15(10)11/h1-8H,9,19H2. The van der Waals surface area contributed by atoms with Crippen molar-refractivity contribution in [2.75, 3.05) is 5.73 Å². The van der Waals surface area contributed by atoms with Crippen LogP contribution in [-0.2, 0) is 5.75 Å². The van der Waals surface area contributed by atoms with Gasteiger partial charge in [-0.15, -0.1) is 11.8 Å². The number of hydrogen-bond donors (Lipinski definition) is 1. The number of nitrogen functional groups attached to an aromatic ring is 1. The topological polar surface area (TPSA) is 38.9 Å². The van der Waals surface area contributed by atoms with Crippen LogP contribution in [-0.4, -0.2) is 4.98 Å². The fraction of sp³-hybridized carbons (Fsp3) is 0.0625. The Balaban J connectivity index is 1.91. The number of halogens is 2. The zero-order chi connectivity index (χ0) is 14.8. The van der Waals surface area contributed by atoms with Gasteiger partial charge in [-0.1, -0.05) is 24.3 Å². The van der Waals surface area contributed by atoms with E-state index in [1.165, 1.54) is 0 Å². The quantitative estimate of drug-likeness (QED) is 0.576. The molecule has 1 aromatic heterocycles. The first-order valence-corrected chi connectivity index (χ1v) is 7.33. The molecule has 106 valence electrons. The molecule has 0 saturated carbocycles. The molecular formula is C16H12F2N2S. The molecule has 0 aliphatic rings. The highest BCUT2D eigenvalue weighted by molar-refractivity contribution is 7.98. The summed E-state index contributed by atoms with van der Waals surface area (Å²) in [5.41, 5.74) is 7.28. The molecule has 0 aliphatic carbocycles. The van der Waals surface area contributed by atoms with E-state index in [0.29, 0.717) is 5.75 Å². The molecule has 2 N–H and O–H groups in total. The van der Waals surface area contributed by atoms with Gasteiger partial charge >= 0.3 is 0 Å². The van der Waals surface area contributed by atoms with Gasteiger partial charge in [0.1, 0.15) is 11.6 Å². The Hall–Kier alpha value is -2.14. The molecular weight excluding hydrogens is 290 g/mol. The predicted molar refractivity (Wildman–Crippen MR) is 82.1 cm³/mol. The molecule has 5 heteroatoms. The molecule has 3 aromatic rings. The average Bonchev–Trinajstić information content (AvgIpc) is 2.46. The number of nitrogens with two attached hydrogens (primary N) is 1. The minimum absolute atomic E-state index is 0.0165. The number of pyridine rings is 1. The average molecular weight is 302 g/mol. The lowest BCUT2D eigenvalue weighted by Gasteiger charge is -2.08. The van der Waals surface area contributed by atoms with E-state index in [1.807, 2.05) is 30.3 Å². The van der Waals surface area contributed by atoms with Gasteiger partial charge in [-0.2, -0.15) is 0 Å². The van der Waals surface area contributed by atoms with Crippen LogP contribution in [0.3, 0.4) is 0 Å². The van der Waals surface area contributed by atoms with E-state index in [-0.39, 0.29) is 10.6 Å². The highest BCUT2D eigenvalue weighted by atomic mass is 32.2. The van der Waals surface area contributed by atoms with E-state index >= 15 is 0 Å². The maximum Gasteiger partial charge on any atom is 0.141 e. The SMILES string of the molecule is Nc1cc(F)c(SCc2cccc3cccnc23)c(F)c1. The zero-order valence-electron chi connectivity index (χ0n) is 11.0. The lowest BCUT2D eigenvalue weighted by molar-refractivity contribution is 0.542. The van der Waals surface area contributed by atoms with Gasteiger partial charge in [0.15, 0.2) is 0 Å². The van der Waals surface area contributed by atoms with Crippen LogP contribution in [0.15, 0.2) is 53.6 Å². The minimum Gasteiger partial charge on any atom is -0.399 e. The lowest BCUT2D eigenvalue weighted by Crippen LogP contribution is -1.94. The Morgan fingerprint density at radius 2 is 1.76 bits per heavy atom. The summed E-state index contributed by atoms with van der Waals surface area (Å²) < 4.78 is 27.5. The minimum atomic E-state index is -0.634. The maximum absolute atomic E-state index is 13.8. The third kappa shape index (κ3) is 2.83. The van der Waals surface area contributed by atoms with Gasteiger partial charge in [-0.3, -0.25) is 4.98 Å². The van der Waals surface area contributed by atoms with Crippen molar-refractivity contribution in [1.29, 1.82) is 0 Å². The van der Waals surface area contributed by atoms with Gasteiger partial charge < -0.3 is 5.73 Å². The molecule has 1 heterocycles. The summed E-state index contributed by atoms with van der Waals surface area (Å²) in [6, 6.07) is 11.9. The van der Waals surface area contributed by atoms with Crippen molar-refractivity contribution in [3.05, 3.63) is 65.9 Å². The monoisotopic (exact) mass is 302 g/mol. The summed E-state index contributed by atoms with van der Waals surface area (Å²) in [7, 11) is 0. The van der Waals surface area contributed by atoms with Gasteiger partial charge in [-0.25, -0.2) is 8.78 Å². The van der Waals surface area contributed by atoms with Crippen molar-refractivity contribution in [3.63, 3.8) is 0 Å². The van der Waals surface area contributed by atoms with E-state index in [1.54, 1.807) is 6.20 Å². The van der Waals surface area contributed by atoms with Gasteiger partial charge in [0.25, 0.3) is 0 Å². The molecule has 0 amide bonds. The molecule has 0 saturated heterocycles. The fourth-order valence-electron chi connectivity index (χ4n) is 2.15. The van der Waals surface area contributed by atoms with Gasteiger partial charge in [0.2, 0.25) is 0 Å². The maximum atomic E-state index is 13.8. The first-order chi connectivity index (χ1) is 10.1. The van der Waals surface area contributed by atoms with Crippen LogP contribution >= 0.6 is 11.8 Å². The van der Waals surface area contributed by atoms with Gasteiger partial charge in [0.05, 0.1) is 10.4 Å². The summed E-state index contributed by atoms with van der Waals surface area (Å²) in [6.45, 7) is 0. The van der Waals surface area contributed by atoms with Crippen molar-refractivity contribution in [2.45, 2.75) is 10.6 Å². The number of benzene rings is 2. The number of rotatable bonds is 3. The fourth-order valence-corrected chi connectivity index (χ4v) is 3.08. The Kier molecular flexibility index (Phi) is 3.75. The molecule has 3 rings (SSSR count). The third-order valence-corrected chi connectivity index (χ3v) is 4.24. The van der Waals surface area contributed by atoms with Gasteiger partial charge in [0, 0.05) is 23.0 Å². The highest BCUT2D eigenvalue weighted by Gasteiger charge is 2.12. The van der Waals surface area contributed by atoms with Gasteiger partial charge in [-0.05, 0) is 23.8 Å². The van der Waals surface area contributed by atoms with Crippen LogP contribution in [0.25, 0.3) is 10.9 Å². The summed E-state index contributed by atoms with van der Waals surface area (Å²) in [5, 5.41) is 1.01. The second kappa shape index (κ2) is 5.69. The first-order valence-electron chi connectivity index (χ1n) is 6.35. The second-order valence-electron chi connectivity index (χ2n) is 4.59. The first kappa shape index (κ1) is 13.8. The number of fused-ring (bicyclic) bond motifs is 1. The van der Waals surface area contributed by atoms with Crippen LogP contribution in [0.5, 0.6) is 0 Å². The molecule has 0 radical (unpaired) electrons. The molecule has 2 aromatic carbocycles. The third-order valence-electron chi connectivity index (χ3n) is 3.11. The van der Waals surface area contributed by atoms with E-state index in [2.05, 4.69) is 4.98 Å². The van der Waals surface area contributed by atoms with Crippen LogP contribution in [0.2, 0.25) is 0 Å². The second-order valence-corrected chi connectivity index (χ2v) is 5.58. The lowest BCUT2D eigenvalue weighted by atomic mass is 10.1. The number of hydrogen-bond acceptors (Lipinski definition) is 3. The summed E-state index contributed by atoms with van der Waals surface area (Å²) in [5.74, 6) is -0.831. The van der Waals surface area contributed by atoms with E-state index in [9.17, 15) is 8.78 Å². The number of nitrogens with zero attached hydrogens (tertiary/aromatic N) is 1. The normalized spacial score (nSPS) is 11.0. The Labute approximate surface area is 125 Å². The summed E-state index contributed by atoms with van der Waals surface area (Å²) >= 11 is 1.10. The molecule has 2 nitrogen and oxygen atoms in total. The number of para-hydroxylation sites is 1. The van der Waals surface area contributed by atoms with E-state index in [0.717, 1.165) is 40.4 Å². The van der Waals surface area contributed by atoms with E-state index < -0.39 is 11.6 Å². The summed E-state index contributed by atoms with van der Waals surface area (Å²) in [6.07, 6.45) is 1.71. The molecule has 0 bridgehead atoms. The van der Waals surface area contributed by atoms with Crippen LogP contribution < -0.4 is 5.73 Å². The number of aromatic nitrogens is 1. The Bertz CT molecular complexity index is 777. The molecule has 0 unspecified atom stereocenters. The molecule has 0 atom stereocenters. The van der Waals surface area contributed by atoms with Crippen LogP contribution in [0.1, 0.15) is 5.56 Å². The molecule has 0 aliphatic heterocycles. The largest absolute Gasteiger partial charge is 0.399 e.